The van der Waals surface area contributed by atoms with Crippen LogP contribution in [-0.2, 0) is 22.3 Å². The van der Waals surface area contributed by atoms with Gasteiger partial charge in [0, 0.05) is 5.82 Å². The van der Waals surface area contributed by atoms with Gasteiger partial charge in [-0.15, -0.1) is 0 Å². The standard InChI is InChI=1S/C5H11O8P3/c1-2-3-4-5-15(8,9)13-16(10,11)12-14(6)7/h2-5,14H,1H3,(H,6,7)(H,8,9)(H,10,11). The van der Waals surface area contributed by atoms with Crippen molar-refractivity contribution in [3.05, 3.63) is 24.0 Å². The van der Waals surface area contributed by atoms with Gasteiger partial charge in [-0.25, -0.2) is 13.2 Å². The van der Waals surface area contributed by atoms with E-state index in [0.29, 0.717) is 5.82 Å². The Labute approximate surface area is 92.3 Å². The van der Waals surface area contributed by atoms with E-state index in [1.54, 1.807) is 6.92 Å². The largest absolute Gasteiger partial charge is 0.486 e. The Hall–Kier alpha value is -0.0300. The topological polar surface area (TPSA) is 130 Å². The van der Waals surface area contributed by atoms with Crippen molar-refractivity contribution in [3.8, 4) is 0 Å². The molecule has 8 nitrogen and oxygen atoms in total. The van der Waals surface area contributed by atoms with Crippen LogP contribution < -0.4 is 0 Å². The first-order valence-electron chi connectivity index (χ1n) is 3.78. The highest BCUT2D eigenvalue weighted by molar-refractivity contribution is 7.68. The predicted octanol–water partition coefficient (Wildman–Crippen LogP) is 1.78. The molecule has 0 saturated carbocycles. The van der Waals surface area contributed by atoms with Gasteiger partial charge in [0.1, 0.15) is 0 Å². The van der Waals surface area contributed by atoms with Gasteiger partial charge in [0.15, 0.2) is 0 Å². The lowest BCUT2D eigenvalue weighted by Crippen LogP contribution is -1.87. The summed E-state index contributed by atoms with van der Waals surface area (Å²) in [4.78, 5) is 26.0. The quantitative estimate of drug-likeness (QED) is 0.498. The molecular formula is C5H11O8P3. The smallest absolute Gasteiger partial charge is 0.326 e. The van der Waals surface area contributed by atoms with Gasteiger partial charge in [-0.1, -0.05) is 18.2 Å². The molecule has 11 heteroatoms. The Morgan fingerprint density at radius 2 is 1.81 bits per heavy atom. The van der Waals surface area contributed by atoms with Gasteiger partial charge in [-0.05, 0) is 6.92 Å². The van der Waals surface area contributed by atoms with Crippen molar-refractivity contribution in [2.75, 3.05) is 0 Å². The summed E-state index contributed by atoms with van der Waals surface area (Å²) in [6.45, 7) is 1.64. The summed E-state index contributed by atoms with van der Waals surface area (Å²) in [6, 6.07) is 0. The predicted molar refractivity (Wildman–Crippen MR) is 57.0 cm³/mol. The highest BCUT2D eigenvalue weighted by Gasteiger charge is 2.33. The molecule has 0 aromatic heterocycles. The van der Waals surface area contributed by atoms with Crippen molar-refractivity contribution in [3.63, 3.8) is 0 Å². The van der Waals surface area contributed by atoms with E-state index >= 15 is 0 Å². The molecule has 0 aromatic carbocycles. The van der Waals surface area contributed by atoms with Gasteiger partial charge in [-0.2, -0.15) is 0 Å². The zero-order chi connectivity index (χ0) is 12.8. The second-order valence-electron chi connectivity index (χ2n) is 2.34. The zero-order valence-corrected chi connectivity index (χ0v) is 10.9. The lowest BCUT2D eigenvalue weighted by Gasteiger charge is -2.11. The van der Waals surface area contributed by atoms with Crippen molar-refractivity contribution < 1.29 is 37.0 Å². The summed E-state index contributed by atoms with van der Waals surface area (Å²) < 4.78 is 39.5. The van der Waals surface area contributed by atoms with Gasteiger partial charge in [0.25, 0.3) is 0 Å². The van der Waals surface area contributed by atoms with Crippen LogP contribution in [0.4, 0.5) is 0 Å². The van der Waals surface area contributed by atoms with Crippen LogP contribution in [0.5, 0.6) is 0 Å². The number of rotatable bonds is 6. The molecule has 0 aliphatic heterocycles. The van der Waals surface area contributed by atoms with Crippen LogP contribution >= 0.6 is 23.7 Å². The third-order valence-electron chi connectivity index (χ3n) is 0.992. The van der Waals surface area contributed by atoms with Crippen LogP contribution in [0.1, 0.15) is 6.92 Å². The third kappa shape index (κ3) is 8.16. The second-order valence-corrected chi connectivity index (χ2v) is 6.62. The number of allylic oxidation sites excluding steroid dienone is 3. The summed E-state index contributed by atoms with van der Waals surface area (Å²) in [5.74, 6) is 0.633. The fourth-order valence-electron chi connectivity index (χ4n) is 0.560. The normalized spacial score (nSPS) is 22.0. The number of hydrogen-bond donors (Lipinski definition) is 3. The van der Waals surface area contributed by atoms with Gasteiger partial charge < -0.3 is 14.7 Å². The molecule has 94 valence electrons. The maximum atomic E-state index is 11.1. The molecule has 0 aliphatic rings. The monoisotopic (exact) mass is 292 g/mol. The van der Waals surface area contributed by atoms with Crippen molar-refractivity contribution >= 4 is 23.7 Å². The minimum absolute atomic E-state index is 0.633. The lowest BCUT2D eigenvalue weighted by atomic mass is 10.5. The molecule has 0 spiro atoms. The van der Waals surface area contributed by atoms with Crippen LogP contribution in [-0.4, -0.2) is 14.7 Å². The fraction of sp³-hybridized carbons (Fsp3) is 0.200. The van der Waals surface area contributed by atoms with Crippen LogP contribution in [0.3, 0.4) is 0 Å². The second kappa shape index (κ2) is 6.64. The van der Waals surface area contributed by atoms with Crippen LogP contribution in [0.2, 0.25) is 0 Å². The molecule has 0 aliphatic carbocycles. The summed E-state index contributed by atoms with van der Waals surface area (Å²) in [5, 5.41) is 0. The Balaban J connectivity index is 4.64. The molecule has 0 heterocycles. The van der Waals surface area contributed by atoms with E-state index in [1.807, 2.05) is 0 Å². The van der Waals surface area contributed by atoms with Gasteiger partial charge in [0.05, 0.1) is 0 Å². The van der Waals surface area contributed by atoms with Crippen molar-refractivity contribution in [1.29, 1.82) is 0 Å². The van der Waals surface area contributed by atoms with Crippen LogP contribution in [0, 0.1) is 0 Å². The van der Waals surface area contributed by atoms with E-state index < -0.39 is 23.7 Å². The minimum atomic E-state index is -5.02. The van der Waals surface area contributed by atoms with Gasteiger partial charge >= 0.3 is 23.7 Å². The molecule has 3 N–H and O–H groups in total. The molecule has 3 atom stereocenters. The Morgan fingerprint density at radius 1 is 1.25 bits per heavy atom. The SMILES string of the molecule is CC=CC=CP(=O)(O)OP(=O)(O)O[PH](=O)O. The summed E-state index contributed by atoms with van der Waals surface area (Å²) in [6.07, 6.45) is 4.03. The van der Waals surface area contributed by atoms with Crippen molar-refractivity contribution in [1.82, 2.24) is 0 Å². The van der Waals surface area contributed by atoms with E-state index in [0.717, 1.165) is 6.08 Å². The van der Waals surface area contributed by atoms with Crippen molar-refractivity contribution in [2.45, 2.75) is 6.92 Å². The van der Waals surface area contributed by atoms with E-state index in [2.05, 4.69) is 8.62 Å². The number of hydrogen-bond acceptors (Lipinski definition) is 5. The fourth-order valence-corrected chi connectivity index (χ4v) is 3.50. The maximum Gasteiger partial charge on any atom is 0.486 e. The molecule has 3 unspecified atom stereocenters. The van der Waals surface area contributed by atoms with E-state index in [1.165, 1.54) is 12.2 Å². The Bertz CT molecular complexity index is 398. The lowest BCUT2D eigenvalue weighted by molar-refractivity contribution is 0.266. The summed E-state index contributed by atoms with van der Waals surface area (Å²) in [7, 11) is -13.3. The molecule has 0 radical (unpaired) electrons. The molecule has 0 aromatic rings. The molecule has 0 fully saturated rings. The summed E-state index contributed by atoms with van der Waals surface area (Å²) in [5.41, 5.74) is 0. The molecule has 0 amide bonds. The maximum absolute atomic E-state index is 11.1. The van der Waals surface area contributed by atoms with E-state index in [4.69, 9.17) is 14.7 Å². The highest BCUT2D eigenvalue weighted by atomic mass is 31.3. The molecule has 0 saturated heterocycles. The molecule has 16 heavy (non-hydrogen) atoms. The minimum Gasteiger partial charge on any atom is -0.326 e. The van der Waals surface area contributed by atoms with Crippen molar-refractivity contribution in [2.24, 2.45) is 0 Å². The third-order valence-corrected chi connectivity index (χ3v) is 4.85. The highest BCUT2D eigenvalue weighted by Crippen LogP contribution is 2.63. The first-order valence-corrected chi connectivity index (χ1v) is 8.19. The van der Waals surface area contributed by atoms with Gasteiger partial charge in [-0.3, -0.25) is 9.13 Å². The Kier molecular flexibility index (Phi) is 6.63. The summed E-state index contributed by atoms with van der Waals surface area (Å²) >= 11 is 0. The van der Waals surface area contributed by atoms with E-state index in [-0.39, 0.29) is 0 Å². The van der Waals surface area contributed by atoms with Gasteiger partial charge in [0.2, 0.25) is 0 Å². The van der Waals surface area contributed by atoms with Crippen LogP contribution in [0.15, 0.2) is 24.0 Å². The number of phosphoric acid groups is 1. The first-order chi connectivity index (χ1) is 7.18. The molecule has 0 bridgehead atoms. The average Bonchev–Trinajstić information content (AvgIpc) is 1.98. The van der Waals surface area contributed by atoms with Crippen LogP contribution in [0.25, 0.3) is 0 Å². The van der Waals surface area contributed by atoms with E-state index in [9.17, 15) is 13.7 Å². The Morgan fingerprint density at radius 3 is 2.25 bits per heavy atom. The molecular weight excluding hydrogens is 281 g/mol. The average molecular weight is 292 g/mol. The first kappa shape index (κ1) is 16.0. The zero-order valence-electron chi connectivity index (χ0n) is 8.09. The molecule has 0 rings (SSSR count).